The van der Waals surface area contributed by atoms with Gasteiger partial charge in [0.25, 0.3) is 0 Å². The van der Waals surface area contributed by atoms with Gasteiger partial charge in [-0.3, -0.25) is 4.79 Å². The molecule has 0 radical (unpaired) electrons. The van der Waals surface area contributed by atoms with Crippen molar-refractivity contribution >= 4 is 5.91 Å². The van der Waals surface area contributed by atoms with Gasteiger partial charge in [-0.15, -0.1) is 12.3 Å². The molecule has 3 heterocycles. The zero-order valence-electron chi connectivity index (χ0n) is 14.4. The van der Waals surface area contributed by atoms with Gasteiger partial charge in [0.15, 0.2) is 5.66 Å². The summed E-state index contributed by atoms with van der Waals surface area (Å²) in [4.78, 5) is 14.7. The fourth-order valence-corrected chi connectivity index (χ4v) is 4.02. The second-order valence-electron chi connectivity index (χ2n) is 7.47. The minimum atomic E-state index is -0.763. The highest BCUT2D eigenvalue weighted by Crippen LogP contribution is 2.39. The van der Waals surface area contributed by atoms with E-state index in [9.17, 15) is 9.90 Å². The predicted octanol–water partition coefficient (Wildman–Crippen LogP) is 2.12. The molecule has 0 aromatic carbocycles. The van der Waals surface area contributed by atoms with E-state index in [-0.39, 0.29) is 17.9 Å². The van der Waals surface area contributed by atoms with E-state index < -0.39 is 11.3 Å². The lowest BCUT2D eigenvalue weighted by atomic mass is 9.79. The molecular formula is C18H27N3O3. The molecule has 6 heteroatoms. The predicted molar refractivity (Wildman–Crippen MR) is 89.2 cm³/mol. The molecule has 0 aromatic rings. The van der Waals surface area contributed by atoms with Crippen molar-refractivity contribution in [1.29, 1.82) is 0 Å². The largest absolute Gasteiger partial charge is 0.390 e. The Morgan fingerprint density at radius 1 is 1.46 bits per heavy atom. The molecule has 1 amide bonds. The highest BCUT2D eigenvalue weighted by atomic mass is 16.5. The minimum absolute atomic E-state index is 0.0107. The van der Waals surface area contributed by atoms with Crippen LogP contribution in [0.5, 0.6) is 0 Å². The summed E-state index contributed by atoms with van der Waals surface area (Å²) in [7, 11) is 0. The van der Waals surface area contributed by atoms with Crippen molar-refractivity contribution in [1.82, 2.24) is 4.90 Å². The number of amides is 1. The van der Waals surface area contributed by atoms with Gasteiger partial charge in [-0.1, -0.05) is 0 Å². The highest BCUT2D eigenvalue weighted by Gasteiger charge is 2.46. The molecule has 3 aliphatic rings. The van der Waals surface area contributed by atoms with Crippen LogP contribution in [0, 0.1) is 18.3 Å². The normalized spacial score (nSPS) is 34.1. The van der Waals surface area contributed by atoms with Crippen LogP contribution < -0.4 is 0 Å². The van der Waals surface area contributed by atoms with Gasteiger partial charge in [0.1, 0.15) is 0 Å². The maximum atomic E-state index is 12.7. The Morgan fingerprint density at radius 3 is 2.92 bits per heavy atom. The van der Waals surface area contributed by atoms with Crippen LogP contribution in [0.15, 0.2) is 10.2 Å². The SMILES string of the molecule is C#CCCC1(CCC(=O)N2CCCC2C2COCCC2(C)O)N=N1. The van der Waals surface area contributed by atoms with Gasteiger partial charge in [-0.25, -0.2) is 0 Å². The number of carbonyl (C=O) groups is 1. The summed E-state index contributed by atoms with van der Waals surface area (Å²) in [6.45, 7) is 3.75. The number of rotatable bonds is 6. The number of aliphatic hydroxyl groups is 1. The molecule has 3 rings (SSSR count). The molecule has 0 saturated carbocycles. The summed E-state index contributed by atoms with van der Waals surface area (Å²) < 4.78 is 5.58. The number of hydrogen-bond donors (Lipinski definition) is 1. The summed E-state index contributed by atoms with van der Waals surface area (Å²) >= 11 is 0. The van der Waals surface area contributed by atoms with Gasteiger partial charge in [-0.05, 0) is 26.2 Å². The van der Waals surface area contributed by atoms with E-state index in [0.717, 1.165) is 25.8 Å². The molecule has 1 N–H and O–H groups in total. The minimum Gasteiger partial charge on any atom is -0.390 e. The van der Waals surface area contributed by atoms with E-state index in [0.29, 0.717) is 38.9 Å². The van der Waals surface area contributed by atoms with Crippen molar-refractivity contribution in [3.05, 3.63) is 0 Å². The van der Waals surface area contributed by atoms with Gasteiger partial charge in [0, 0.05) is 50.8 Å². The first-order valence-corrected chi connectivity index (χ1v) is 8.95. The van der Waals surface area contributed by atoms with E-state index in [2.05, 4.69) is 16.1 Å². The molecule has 0 aromatic heterocycles. The summed E-state index contributed by atoms with van der Waals surface area (Å²) in [5, 5.41) is 18.9. The molecule has 24 heavy (non-hydrogen) atoms. The van der Waals surface area contributed by atoms with E-state index in [1.807, 2.05) is 11.8 Å². The van der Waals surface area contributed by atoms with Crippen molar-refractivity contribution < 1.29 is 14.6 Å². The lowest BCUT2D eigenvalue weighted by Gasteiger charge is -2.43. The van der Waals surface area contributed by atoms with Crippen molar-refractivity contribution in [2.24, 2.45) is 16.1 Å². The third kappa shape index (κ3) is 3.62. The molecule has 3 atom stereocenters. The molecule has 6 nitrogen and oxygen atoms in total. The molecule has 2 saturated heterocycles. The third-order valence-corrected chi connectivity index (χ3v) is 5.72. The lowest BCUT2D eigenvalue weighted by Crippen LogP contribution is -2.53. The van der Waals surface area contributed by atoms with Crippen LogP contribution in [0.4, 0.5) is 0 Å². The average Bonchev–Trinajstić information content (AvgIpc) is 3.16. The molecule has 132 valence electrons. The van der Waals surface area contributed by atoms with Crippen molar-refractivity contribution in [2.75, 3.05) is 19.8 Å². The van der Waals surface area contributed by atoms with Gasteiger partial charge < -0.3 is 14.7 Å². The van der Waals surface area contributed by atoms with E-state index in [1.165, 1.54) is 0 Å². The van der Waals surface area contributed by atoms with Crippen LogP contribution in [0.25, 0.3) is 0 Å². The van der Waals surface area contributed by atoms with Crippen LogP contribution >= 0.6 is 0 Å². The summed E-state index contributed by atoms with van der Waals surface area (Å²) in [5.74, 6) is 2.73. The summed E-state index contributed by atoms with van der Waals surface area (Å²) in [5.41, 5.74) is -1.17. The van der Waals surface area contributed by atoms with E-state index in [1.54, 1.807) is 0 Å². The molecule has 0 spiro atoms. The molecule has 0 aliphatic carbocycles. The maximum Gasteiger partial charge on any atom is 0.222 e. The second-order valence-corrected chi connectivity index (χ2v) is 7.47. The fourth-order valence-electron chi connectivity index (χ4n) is 4.02. The van der Waals surface area contributed by atoms with Crippen LogP contribution in [0.2, 0.25) is 0 Å². The Labute approximate surface area is 143 Å². The smallest absolute Gasteiger partial charge is 0.222 e. The zero-order valence-corrected chi connectivity index (χ0v) is 14.4. The first-order chi connectivity index (χ1) is 11.5. The fraction of sp³-hybridized carbons (Fsp3) is 0.833. The maximum absolute atomic E-state index is 12.7. The number of terminal acetylenes is 1. The van der Waals surface area contributed by atoms with E-state index in [4.69, 9.17) is 11.2 Å². The molecule has 2 fully saturated rings. The monoisotopic (exact) mass is 333 g/mol. The molecular weight excluding hydrogens is 306 g/mol. The van der Waals surface area contributed by atoms with Gasteiger partial charge in [-0.2, -0.15) is 10.2 Å². The number of hydrogen-bond acceptors (Lipinski definition) is 5. The Balaban J connectivity index is 1.57. The third-order valence-electron chi connectivity index (χ3n) is 5.72. The Hall–Kier alpha value is -1.45. The van der Waals surface area contributed by atoms with Crippen LogP contribution in [-0.4, -0.2) is 53.0 Å². The lowest BCUT2D eigenvalue weighted by molar-refractivity contribution is -0.145. The molecule has 3 aliphatic heterocycles. The van der Waals surface area contributed by atoms with E-state index >= 15 is 0 Å². The number of carbonyl (C=O) groups excluding carboxylic acids is 1. The van der Waals surface area contributed by atoms with Gasteiger partial charge in [0.2, 0.25) is 5.91 Å². The number of nitrogens with zero attached hydrogens (tertiary/aromatic N) is 3. The Morgan fingerprint density at radius 2 is 2.25 bits per heavy atom. The number of likely N-dealkylation sites (tertiary alicyclic amines) is 1. The number of ether oxygens (including phenoxy) is 1. The quantitative estimate of drug-likeness (QED) is 0.757. The van der Waals surface area contributed by atoms with Crippen molar-refractivity contribution in [2.45, 2.75) is 69.2 Å². The van der Waals surface area contributed by atoms with Crippen molar-refractivity contribution in [3.63, 3.8) is 0 Å². The first kappa shape index (κ1) is 17.4. The van der Waals surface area contributed by atoms with Crippen LogP contribution in [0.1, 0.15) is 51.9 Å². The average molecular weight is 333 g/mol. The summed E-state index contributed by atoms with van der Waals surface area (Å²) in [6, 6.07) is 0.0718. The molecule has 3 unspecified atom stereocenters. The first-order valence-electron chi connectivity index (χ1n) is 8.95. The zero-order chi connectivity index (χ0) is 17.2. The topological polar surface area (TPSA) is 74.5 Å². The summed E-state index contributed by atoms with van der Waals surface area (Å²) in [6.07, 6.45) is 10.3. The molecule has 0 bridgehead atoms. The Bertz CT molecular complexity index is 546. The van der Waals surface area contributed by atoms with Gasteiger partial charge in [0.05, 0.1) is 12.2 Å². The highest BCUT2D eigenvalue weighted by molar-refractivity contribution is 5.77. The van der Waals surface area contributed by atoms with Gasteiger partial charge >= 0.3 is 0 Å². The van der Waals surface area contributed by atoms with Crippen LogP contribution in [0.3, 0.4) is 0 Å². The van der Waals surface area contributed by atoms with Crippen LogP contribution in [-0.2, 0) is 9.53 Å². The van der Waals surface area contributed by atoms with Crippen molar-refractivity contribution in [3.8, 4) is 12.3 Å². The standard InChI is InChI=1S/C18H27N3O3/c1-3-4-8-18(19-20-18)9-7-16(22)21-11-5-6-15(21)14-13-24-12-10-17(14,2)23/h1,14-15,23H,4-13H2,2H3. The Kier molecular flexibility index (Phi) is 4.93. The second kappa shape index (κ2) is 6.81.